The SMILES string of the molecule is O=C1CCC(CNCC(O)c2cccc(C(F)(F)F)c2)N1. The van der Waals surface area contributed by atoms with E-state index in [-0.39, 0.29) is 24.1 Å². The summed E-state index contributed by atoms with van der Waals surface area (Å²) >= 11 is 0. The monoisotopic (exact) mass is 302 g/mol. The molecule has 7 heteroatoms. The Morgan fingerprint density at radius 2 is 2.19 bits per heavy atom. The number of halogens is 3. The van der Waals surface area contributed by atoms with Gasteiger partial charge in [-0.05, 0) is 24.1 Å². The molecule has 21 heavy (non-hydrogen) atoms. The Kier molecular flexibility index (Phi) is 4.84. The van der Waals surface area contributed by atoms with Crippen molar-refractivity contribution in [3.05, 3.63) is 35.4 Å². The predicted molar refractivity (Wildman–Crippen MR) is 70.4 cm³/mol. The average Bonchev–Trinajstić information content (AvgIpc) is 2.83. The Balaban J connectivity index is 1.85. The van der Waals surface area contributed by atoms with Gasteiger partial charge in [0.2, 0.25) is 5.91 Å². The van der Waals surface area contributed by atoms with E-state index in [4.69, 9.17) is 0 Å². The van der Waals surface area contributed by atoms with Crippen molar-refractivity contribution in [2.75, 3.05) is 13.1 Å². The molecule has 1 saturated heterocycles. The molecule has 1 amide bonds. The number of aliphatic hydroxyl groups is 1. The van der Waals surface area contributed by atoms with Gasteiger partial charge in [0.25, 0.3) is 0 Å². The topological polar surface area (TPSA) is 61.4 Å². The number of hydrogen-bond donors (Lipinski definition) is 3. The number of rotatable bonds is 5. The third-order valence-electron chi connectivity index (χ3n) is 3.41. The largest absolute Gasteiger partial charge is 0.416 e. The van der Waals surface area contributed by atoms with Crippen LogP contribution < -0.4 is 10.6 Å². The van der Waals surface area contributed by atoms with E-state index in [1.807, 2.05) is 0 Å². The molecule has 0 aromatic heterocycles. The molecule has 1 aliphatic heterocycles. The van der Waals surface area contributed by atoms with Gasteiger partial charge in [-0.1, -0.05) is 12.1 Å². The summed E-state index contributed by atoms with van der Waals surface area (Å²) in [5, 5.41) is 15.6. The Labute approximate surface area is 120 Å². The molecule has 1 aromatic carbocycles. The number of aliphatic hydroxyl groups excluding tert-OH is 1. The number of carbonyl (C=O) groups excluding carboxylic acids is 1. The minimum Gasteiger partial charge on any atom is -0.387 e. The van der Waals surface area contributed by atoms with Gasteiger partial charge in [-0.2, -0.15) is 13.2 Å². The zero-order valence-corrected chi connectivity index (χ0v) is 11.3. The highest BCUT2D eigenvalue weighted by atomic mass is 19.4. The van der Waals surface area contributed by atoms with Crippen LogP contribution >= 0.6 is 0 Å². The van der Waals surface area contributed by atoms with E-state index >= 15 is 0 Å². The van der Waals surface area contributed by atoms with Gasteiger partial charge in [-0.15, -0.1) is 0 Å². The van der Waals surface area contributed by atoms with E-state index in [0.29, 0.717) is 13.0 Å². The molecule has 2 atom stereocenters. The minimum absolute atomic E-state index is 0.000210. The highest BCUT2D eigenvalue weighted by molar-refractivity contribution is 5.78. The lowest BCUT2D eigenvalue weighted by Gasteiger charge is -2.16. The van der Waals surface area contributed by atoms with E-state index in [1.165, 1.54) is 12.1 Å². The molecule has 4 nitrogen and oxygen atoms in total. The van der Waals surface area contributed by atoms with Crippen molar-refractivity contribution in [1.29, 1.82) is 0 Å². The first-order chi connectivity index (χ1) is 9.86. The first kappa shape index (κ1) is 15.8. The van der Waals surface area contributed by atoms with Gasteiger partial charge < -0.3 is 15.7 Å². The molecule has 0 saturated carbocycles. The number of nitrogens with one attached hydrogen (secondary N) is 2. The first-order valence-electron chi connectivity index (χ1n) is 6.71. The Morgan fingerprint density at radius 3 is 2.81 bits per heavy atom. The maximum atomic E-state index is 12.6. The van der Waals surface area contributed by atoms with Gasteiger partial charge in [0.1, 0.15) is 0 Å². The first-order valence-corrected chi connectivity index (χ1v) is 6.71. The van der Waals surface area contributed by atoms with Crippen LogP contribution in [0.5, 0.6) is 0 Å². The summed E-state index contributed by atoms with van der Waals surface area (Å²) in [4.78, 5) is 11.0. The van der Waals surface area contributed by atoms with E-state index in [1.54, 1.807) is 0 Å². The van der Waals surface area contributed by atoms with Crippen molar-refractivity contribution in [2.24, 2.45) is 0 Å². The summed E-state index contributed by atoms with van der Waals surface area (Å²) in [6.07, 6.45) is -4.23. The zero-order valence-electron chi connectivity index (χ0n) is 11.3. The molecule has 1 heterocycles. The van der Waals surface area contributed by atoms with Crippen LogP contribution in [0.15, 0.2) is 24.3 Å². The van der Waals surface area contributed by atoms with Crippen LogP contribution in [0, 0.1) is 0 Å². The van der Waals surface area contributed by atoms with E-state index in [0.717, 1.165) is 18.6 Å². The second-order valence-electron chi connectivity index (χ2n) is 5.10. The second kappa shape index (κ2) is 6.44. The molecule has 1 aromatic rings. The van der Waals surface area contributed by atoms with Gasteiger partial charge >= 0.3 is 6.18 Å². The molecule has 3 N–H and O–H groups in total. The molecule has 0 aliphatic carbocycles. The molecule has 0 spiro atoms. The van der Waals surface area contributed by atoms with Gasteiger partial charge in [0, 0.05) is 25.6 Å². The van der Waals surface area contributed by atoms with Crippen LogP contribution in [0.4, 0.5) is 13.2 Å². The molecular formula is C14H17F3N2O2. The molecule has 0 bridgehead atoms. The smallest absolute Gasteiger partial charge is 0.387 e. The van der Waals surface area contributed by atoms with Crippen LogP contribution in [0.25, 0.3) is 0 Å². The minimum atomic E-state index is -4.42. The number of benzene rings is 1. The fraction of sp³-hybridized carbons (Fsp3) is 0.500. The lowest BCUT2D eigenvalue weighted by Crippen LogP contribution is -2.37. The number of amides is 1. The van der Waals surface area contributed by atoms with E-state index in [2.05, 4.69) is 10.6 Å². The molecule has 2 unspecified atom stereocenters. The Hall–Kier alpha value is -1.60. The fourth-order valence-corrected chi connectivity index (χ4v) is 2.26. The molecule has 1 aliphatic rings. The van der Waals surface area contributed by atoms with Crippen molar-refractivity contribution in [3.63, 3.8) is 0 Å². The number of carbonyl (C=O) groups is 1. The summed E-state index contributed by atoms with van der Waals surface area (Å²) in [6.45, 7) is 0.620. The third kappa shape index (κ3) is 4.44. The molecule has 2 rings (SSSR count). The van der Waals surface area contributed by atoms with Crippen LogP contribution in [0.2, 0.25) is 0 Å². The summed E-state index contributed by atoms with van der Waals surface area (Å²) in [7, 11) is 0. The normalized spacial score (nSPS) is 20.4. The van der Waals surface area contributed by atoms with Crippen LogP contribution in [0.3, 0.4) is 0 Å². The maximum absolute atomic E-state index is 12.6. The Bertz CT molecular complexity index is 505. The van der Waals surface area contributed by atoms with Gasteiger partial charge in [-0.3, -0.25) is 4.79 Å². The summed E-state index contributed by atoms with van der Waals surface area (Å²) in [5.74, 6) is 0.000210. The lowest BCUT2D eigenvalue weighted by atomic mass is 10.1. The van der Waals surface area contributed by atoms with Crippen molar-refractivity contribution in [1.82, 2.24) is 10.6 Å². The highest BCUT2D eigenvalue weighted by Gasteiger charge is 2.30. The summed E-state index contributed by atoms with van der Waals surface area (Å²) < 4.78 is 37.8. The lowest BCUT2D eigenvalue weighted by molar-refractivity contribution is -0.137. The van der Waals surface area contributed by atoms with Crippen LogP contribution in [-0.2, 0) is 11.0 Å². The molecule has 1 fully saturated rings. The third-order valence-corrected chi connectivity index (χ3v) is 3.41. The zero-order chi connectivity index (χ0) is 15.5. The maximum Gasteiger partial charge on any atom is 0.416 e. The predicted octanol–water partition coefficient (Wildman–Crippen LogP) is 1.61. The van der Waals surface area contributed by atoms with Crippen LogP contribution in [0.1, 0.15) is 30.1 Å². The summed E-state index contributed by atoms with van der Waals surface area (Å²) in [6, 6.07) is 4.67. The highest BCUT2D eigenvalue weighted by Crippen LogP contribution is 2.30. The van der Waals surface area contributed by atoms with E-state index < -0.39 is 17.8 Å². The van der Waals surface area contributed by atoms with Gasteiger partial charge in [0.05, 0.1) is 11.7 Å². The number of alkyl halides is 3. The van der Waals surface area contributed by atoms with Crippen molar-refractivity contribution in [3.8, 4) is 0 Å². The van der Waals surface area contributed by atoms with Gasteiger partial charge in [-0.25, -0.2) is 0 Å². The van der Waals surface area contributed by atoms with E-state index in [9.17, 15) is 23.1 Å². The number of hydrogen-bond acceptors (Lipinski definition) is 3. The standard InChI is InChI=1S/C14H17F3N2O2/c15-14(16,17)10-3-1-2-9(6-10)12(20)8-18-7-11-4-5-13(21)19-11/h1-3,6,11-12,18,20H,4-5,7-8H2,(H,19,21). The quantitative estimate of drug-likeness (QED) is 0.774. The average molecular weight is 302 g/mol. The van der Waals surface area contributed by atoms with Crippen LogP contribution in [-0.4, -0.2) is 30.1 Å². The Morgan fingerprint density at radius 1 is 1.43 bits per heavy atom. The molecule has 0 radical (unpaired) electrons. The van der Waals surface area contributed by atoms with Gasteiger partial charge in [0.15, 0.2) is 0 Å². The van der Waals surface area contributed by atoms with Crippen molar-refractivity contribution < 1.29 is 23.1 Å². The molecular weight excluding hydrogens is 285 g/mol. The van der Waals surface area contributed by atoms with Crippen molar-refractivity contribution >= 4 is 5.91 Å². The molecule has 116 valence electrons. The second-order valence-corrected chi connectivity index (χ2v) is 5.10. The fourth-order valence-electron chi connectivity index (χ4n) is 2.26. The summed E-state index contributed by atoms with van der Waals surface area (Å²) in [5.41, 5.74) is -0.560. The van der Waals surface area contributed by atoms with Crippen molar-refractivity contribution in [2.45, 2.75) is 31.2 Å².